The normalized spacial score (nSPS) is 16.6. The third-order valence-electron chi connectivity index (χ3n) is 8.85. The number of nitrogens with two attached hydrogens (primary N) is 3. The van der Waals surface area contributed by atoms with Crippen LogP contribution in [0.5, 0.6) is 0 Å². The Balaban J connectivity index is 1.77. The third-order valence-corrected chi connectivity index (χ3v) is 8.85. The van der Waals surface area contributed by atoms with Crippen LogP contribution in [0.15, 0.2) is 60.7 Å². The lowest BCUT2D eigenvalue weighted by atomic mass is 9.88. The molecule has 268 valence electrons. The number of amides is 4. The summed E-state index contributed by atoms with van der Waals surface area (Å²) in [7, 11) is 0. The molecule has 2 aromatic carbocycles. The van der Waals surface area contributed by atoms with E-state index in [9.17, 15) is 29.1 Å². The zero-order valence-electron chi connectivity index (χ0n) is 28.6. The van der Waals surface area contributed by atoms with Gasteiger partial charge in [-0.15, -0.1) is 0 Å². The van der Waals surface area contributed by atoms with E-state index in [-0.39, 0.29) is 57.0 Å². The molecule has 0 bridgehead atoms. The van der Waals surface area contributed by atoms with Crippen molar-refractivity contribution in [3.05, 3.63) is 71.8 Å². The minimum absolute atomic E-state index is 0.000286. The largest absolute Gasteiger partial charge is 0.480 e. The summed E-state index contributed by atoms with van der Waals surface area (Å²) < 4.78 is 0. The maximum absolute atomic E-state index is 13.9. The minimum atomic E-state index is -1.40. The smallest absolute Gasteiger partial charge is 0.323 e. The van der Waals surface area contributed by atoms with Gasteiger partial charge in [0.05, 0.1) is 6.04 Å². The van der Waals surface area contributed by atoms with E-state index in [0.717, 1.165) is 11.1 Å². The number of benzene rings is 2. The first kappa shape index (κ1) is 39.1. The van der Waals surface area contributed by atoms with Gasteiger partial charge in [0.15, 0.2) is 0 Å². The molecule has 0 aliphatic carbocycles. The molecule has 0 radical (unpaired) electrons. The van der Waals surface area contributed by atoms with Crippen molar-refractivity contribution in [3.63, 3.8) is 0 Å². The molecule has 0 unspecified atom stereocenters. The zero-order valence-corrected chi connectivity index (χ0v) is 28.6. The second-order valence-electron chi connectivity index (χ2n) is 13.4. The van der Waals surface area contributed by atoms with Crippen LogP contribution in [0.4, 0.5) is 0 Å². The lowest BCUT2D eigenvalue weighted by molar-refractivity contribution is -0.148. The van der Waals surface area contributed by atoms with Gasteiger partial charge in [0.25, 0.3) is 0 Å². The molecule has 1 saturated heterocycles. The SMILES string of the molecule is CC(C)C[C@@H](NC(=O)[C@H](Cc1ccccc1)NC(=O)[C@@H](N)Cc1ccccc1)C(=O)N[C@@H](CCCCN)C(=O)N1CCC(N)(C(=O)O)CC1. The Kier molecular flexibility index (Phi) is 15.2. The van der Waals surface area contributed by atoms with Crippen LogP contribution in [-0.2, 0) is 36.8 Å². The quantitative estimate of drug-likeness (QED) is 0.111. The molecule has 13 nitrogen and oxygen atoms in total. The number of rotatable bonds is 18. The Labute approximate surface area is 288 Å². The monoisotopic (exact) mass is 679 g/mol. The number of aliphatic carboxylic acids is 1. The molecule has 49 heavy (non-hydrogen) atoms. The summed E-state index contributed by atoms with van der Waals surface area (Å²) in [6, 6.07) is 14.7. The van der Waals surface area contributed by atoms with Crippen molar-refractivity contribution in [2.24, 2.45) is 23.1 Å². The number of unbranched alkanes of at least 4 members (excludes halogenated alkanes) is 1. The highest BCUT2D eigenvalue weighted by molar-refractivity contribution is 5.95. The molecule has 0 saturated carbocycles. The molecule has 0 spiro atoms. The van der Waals surface area contributed by atoms with E-state index in [1.54, 1.807) is 0 Å². The molecule has 1 heterocycles. The van der Waals surface area contributed by atoms with Crippen LogP contribution in [0.3, 0.4) is 0 Å². The van der Waals surface area contributed by atoms with Crippen LogP contribution in [-0.4, -0.2) is 88.9 Å². The van der Waals surface area contributed by atoms with Gasteiger partial charge in [0.2, 0.25) is 23.6 Å². The highest BCUT2D eigenvalue weighted by atomic mass is 16.4. The molecule has 1 aliphatic rings. The topological polar surface area (TPSA) is 223 Å². The number of piperidine rings is 1. The van der Waals surface area contributed by atoms with E-state index < -0.39 is 53.4 Å². The molecule has 4 atom stereocenters. The van der Waals surface area contributed by atoms with Gasteiger partial charge in [0, 0.05) is 19.5 Å². The predicted molar refractivity (Wildman–Crippen MR) is 187 cm³/mol. The first-order valence-electron chi connectivity index (χ1n) is 17.1. The number of hydrogen-bond donors (Lipinski definition) is 7. The molecule has 10 N–H and O–H groups in total. The first-order chi connectivity index (χ1) is 23.3. The Hall–Kier alpha value is -4.33. The first-order valence-corrected chi connectivity index (χ1v) is 17.1. The fourth-order valence-corrected chi connectivity index (χ4v) is 5.86. The van der Waals surface area contributed by atoms with Crippen LogP contribution in [0.25, 0.3) is 0 Å². The van der Waals surface area contributed by atoms with Gasteiger partial charge < -0.3 is 43.2 Å². The third kappa shape index (κ3) is 12.3. The van der Waals surface area contributed by atoms with Gasteiger partial charge in [-0.2, -0.15) is 0 Å². The van der Waals surface area contributed by atoms with E-state index >= 15 is 0 Å². The van der Waals surface area contributed by atoms with Gasteiger partial charge in [-0.25, -0.2) is 0 Å². The van der Waals surface area contributed by atoms with Crippen LogP contribution >= 0.6 is 0 Å². The summed E-state index contributed by atoms with van der Waals surface area (Å²) in [6.45, 7) is 4.53. The second-order valence-corrected chi connectivity index (χ2v) is 13.4. The average Bonchev–Trinajstić information content (AvgIpc) is 3.07. The number of hydrogen-bond acceptors (Lipinski definition) is 8. The number of likely N-dealkylation sites (tertiary alicyclic amines) is 1. The number of carboxylic acid groups (broad SMARTS) is 1. The Morgan fingerprint density at radius 2 is 1.29 bits per heavy atom. The average molecular weight is 680 g/mol. The Morgan fingerprint density at radius 3 is 1.82 bits per heavy atom. The van der Waals surface area contributed by atoms with Gasteiger partial charge in [-0.05, 0) is 68.5 Å². The van der Waals surface area contributed by atoms with Gasteiger partial charge in [-0.1, -0.05) is 74.5 Å². The molecule has 0 aromatic heterocycles. The van der Waals surface area contributed by atoms with Crippen molar-refractivity contribution >= 4 is 29.6 Å². The van der Waals surface area contributed by atoms with Crippen molar-refractivity contribution in [3.8, 4) is 0 Å². The summed E-state index contributed by atoms with van der Waals surface area (Å²) in [5.41, 5.74) is 18.2. The summed E-state index contributed by atoms with van der Waals surface area (Å²) >= 11 is 0. The summed E-state index contributed by atoms with van der Waals surface area (Å²) in [5, 5.41) is 18.0. The molecule has 1 aliphatic heterocycles. The fourth-order valence-electron chi connectivity index (χ4n) is 5.86. The zero-order chi connectivity index (χ0) is 36.0. The fraction of sp³-hybridized carbons (Fsp3) is 0.528. The molecule has 2 aromatic rings. The van der Waals surface area contributed by atoms with E-state index in [1.807, 2.05) is 74.5 Å². The van der Waals surface area contributed by atoms with Crippen LogP contribution in [0.2, 0.25) is 0 Å². The summed E-state index contributed by atoms with van der Waals surface area (Å²) in [5.74, 6) is -3.04. The second kappa shape index (κ2) is 19.0. The van der Waals surface area contributed by atoms with E-state index in [4.69, 9.17) is 17.2 Å². The Bertz CT molecular complexity index is 1380. The maximum atomic E-state index is 13.9. The predicted octanol–water partition coefficient (Wildman–Crippen LogP) is 0.833. The summed E-state index contributed by atoms with van der Waals surface area (Å²) in [4.78, 5) is 67.7. The van der Waals surface area contributed by atoms with Crippen molar-refractivity contribution < 1.29 is 29.1 Å². The van der Waals surface area contributed by atoms with Gasteiger partial charge in [0.1, 0.15) is 23.7 Å². The lowest BCUT2D eigenvalue weighted by Crippen LogP contribution is -2.60. The van der Waals surface area contributed by atoms with Gasteiger partial charge in [-0.3, -0.25) is 24.0 Å². The summed E-state index contributed by atoms with van der Waals surface area (Å²) in [6.07, 6.45) is 2.44. The number of carbonyl (C=O) groups excluding carboxylic acids is 4. The number of nitrogens with zero attached hydrogens (tertiary/aromatic N) is 1. The van der Waals surface area contributed by atoms with Crippen LogP contribution in [0.1, 0.15) is 63.5 Å². The van der Waals surface area contributed by atoms with Crippen LogP contribution in [0, 0.1) is 5.92 Å². The molecular formula is C36H53N7O6. The molecule has 3 rings (SSSR count). The highest BCUT2D eigenvalue weighted by Crippen LogP contribution is 2.21. The van der Waals surface area contributed by atoms with Gasteiger partial charge >= 0.3 is 5.97 Å². The molecular weight excluding hydrogens is 626 g/mol. The lowest BCUT2D eigenvalue weighted by Gasteiger charge is -2.38. The van der Waals surface area contributed by atoms with Crippen molar-refractivity contribution in [2.75, 3.05) is 19.6 Å². The Morgan fingerprint density at radius 1 is 0.776 bits per heavy atom. The molecule has 13 heteroatoms. The minimum Gasteiger partial charge on any atom is -0.480 e. The number of carboxylic acids is 1. The van der Waals surface area contributed by atoms with E-state index in [2.05, 4.69) is 16.0 Å². The van der Waals surface area contributed by atoms with Crippen molar-refractivity contribution in [2.45, 2.75) is 94.9 Å². The van der Waals surface area contributed by atoms with E-state index in [0.29, 0.717) is 25.8 Å². The van der Waals surface area contributed by atoms with Crippen LogP contribution < -0.4 is 33.2 Å². The standard InChI is InChI=1S/C36H53N7O6/c1-24(2)21-29(32(45)40-28(15-9-10-18-37)34(47)43-19-16-36(39,17-20-43)35(48)49)42-33(46)30(23-26-13-7-4-8-14-26)41-31(44)27(38)22-25-11-5-3-6-12-25/h3-8,11-14,24,27-30H,9-10,15-23,37-39H2,1-2H3,(H,40,45)(H,41,44)(H,42,46)(H,48,49)/t27-,28-,29+,30-/m0/s1. The van der Waals surface area contributed by atoms with Crippen molar-refractivity contribution in [1.29, 1.82) is 0 Å². The molecule has 1 fully saturated rings. The maximum Gasteiger partial charge on any atom is 0.323 e. The highest BCUT2D eigenvalue weighted by Gasteiger charge is 2.40. The van der Waals surface area contributed by atoms with E-state index in [1.165, 1.54) is 4.90 Å². The number of carbonyl (C=O) groups is 5. The number of nitrogens with one attached hydrogen (secondary N) is 3. The molecule has 4 amide bonds. The van der Waals surface area contributed by atoms with Crippen molar-refractivity contribution in [1.82, 2.24) is 20.9 Å².